The fourth-order valence-corrected chi connectivity index (χ4v) is 3.74. The Morgan fingerprint density at radius 1 is 1.08 bits per heavy atom. The van der Waals surface area contributed by atoms with Gasteiger partial charge < -0.3 is 0 Å². The van der Waals surface area contributed by atoms with Crippen LogP contribution in [0.25, 0.3) is 16.7 Å². The molecule has 0 saturated heterocycles. The molecule has 0 aliphatic heterocycles. The number of benzene rings is 2. The molecular weight excluding hydrogens is 322 g/mol. The van der Waals surface area contributed by atoms with Gasteiger partial charge >= 0.3 is 0 Å². The summed E-state index contributed by atoms with van der Waals surface area (Å²) in [6.45, 7) is 2.56. The van der Waals surface area contributed by atoms with E-state index in [1.54, 1.807) is 24.5 Å². The van der Waals surface area contributed by atoms with Crippen LogP contribution in [0.3, 0.4) is 0 Å². The normalized spacial score (nSPS) is 11.9. The van der Waals surface area contributed by atoms with Crippen molar-refractivity contribution in [2.75, 3.05) is 6.54 Å². The van der Waals surface area contributed by atoms with Crippen molar-refractivity contribution < 1.29 is 8.42 Å². The first-order valence-electron chi connectivity index (χ1n) is 8.14. The summed E-state index contributed by atoms with van der Waals surface area (Å²) in [5.41, 5.74) is 2.60. The molecule has 1 aromatic heterocycles. The first-order valence-corrected chi connectivity index (χ1v) is 9.62. The number of sulfonamides is 1. The number of nitrogens with one attached hydrogen (secondary N) is 1. The monoisotopic (exact) mass is 343 g/mol. The molecule has 3 rings (SSSR count). The lowest BCUT2D eigenvalue weighted by Crippen LogP contribution is -2.24. The molecule has 3 aromatic rings. The number of imidazole rings is 1. The number of hydrogen-bond acceptors (Lipinski definition) is 3. The molecule has 0 amide bonds. The number of hydrogen-bond donors (Lipinski definition) is 1. The average Bonchev–Trinajstić information content (AvgIpc) is 3.03. The van der Waals surface area contributed by atoms with E-state index in [4.69, 9.17) is 0 Å². The van der Waals surface area contributed by atoms with Crippen molar-refractivity contribution in [2.45, 2.75) is 31.1 Å². The van der Waals surface area contributed by atoms with E-state index in [0.29, 0.717) is 6.54 Å². The van der Waals surface area contributed by atoms with Crippen LogP contribution in [0.15, 0.2) is 59.8 Å². The van der Waals surface area contributed by atoms with Crippen LogP contribution in [-0.4, -0.2) is 24.5 Å². The van der Waals surface area contributed by atoms with Gasteiger partial charge in [-0.1, -0.05) is 38.0 Å². The van der Waals surface area contributed by atoms with E-state index in [0.717, 1.165) is 36.0 Å². The molecule has 1 heterocycles. The minimum Gasteiger partial charge on any atom is -0.299 e. The zero-order chi connectivity index (χ0) is 17.0. The Morgan fingerprint density at radius 3 is 2.75 bits per heavy atom. The molecule has 0 unspecified atom stereocenters. The van der Waals surface area contributed by atoms with Crippen LogP contribution in [0.2, 0.25) is 0 Å². The maximum atomic E-state index is 12.4. The van der Waals surface area contributed by atoms with Gasteiger partial charge in [-0.05, 0) is 36.8 Å². The number of rotatable bonds is 7. The number of unbranched alkanes of at least 4 members (excludes halogenated alkanes) is 2. The van der Waals surface area contributed by atoms with E-state index < -0.39 is 10.0 Å². The van der Waals surface area contributed by atoms with Gasteiger partial charge in [0.1, 0.15) is 6.33 Å². The maximum Gasteiger partial charge on any atom is 0.240 e. The highest BCUT2D eigenvalue weighted by Crippen LogP contribution is 2.20. The van der Waals surface area contributed by atoms with Gasteiger partial charge in [0.2, 0.25) is 10.0 Å². The molecule has 0 fully saturated rings. The van der Waals surface area contributed by atoms with Gasteiger partial charge in [-0.15, -0.1) is 0 Å². The maximum absolute atomic E-state index is 12.4. The van der Waals surface area contributed by atoms with Crippen LogP contribution in [-0.2, 0) is 10.0 Å². The van der Waals surface area contributed by atoms with Gasteiger partial charge in [-0.3, -0.25) is 4.57 Å². The van der Waals surface area contributed by atoms with Crippen LogP contribution in [0.4, 0.5) is 0 Å². The zero-order valence-electron chi connectivity index (χ0n) is 13.6. The van der Waals surface area contributed by atoms with Crippen LogP contribution >= 0.6 is 0 Å². The SMILES string of the molecule is CCCCCNS(=O)(=O)c1cccc(-n2cnc3ccccc32)c1. The fraction of sp³-hybridized carbons (Fsp3) is 0.278. The lowest BCUT2D eigenvalue weighted by Gasteiger charge is -2.09. The van der Waals surface area contributed by atoms with E-state index in [-0.39, 0.29) is 4.90 Å². The molecule has 0 bridgehead atoms. The predicted octanol–water partition coefficient (Wildman–Crippen LogP) is 3.49. The molecule has 24 heavy (non-hydrogen) atoms. The highest BCUT2D eigenvalue weighted by atomic mass is 32.2. The second-order valence-corrected chi connectivity index (χ2v) is 7.47. The molecule has 0 radical (unpaired) electrons. The molecule has 126 valence electrons. The highest BCUT2D eigenvalue weighted by molar-refractivity contribution is 7.89. The molecule has 0 atom stereocenters. The summed E-state index contributed by atoms with van der Waals surface area (Å²) in [7, 11) is -3.49. The Morgan fingerprint density at radius 2 is 1.92 bits per heavy atom. The van der Waals surface area contributed by atoms with Gasteiger partial charge in [0.25, 0.3) is 0 Å². The first-order chi connectivity index (χ1) is 11.6. The molecular formula is C18H21N3O2S. The molecule has 2 aromatic carbocycles. The first kappa shape index (κ1) is 16.7. The molecule has 5 nitrogen and oxygen atoms in total. The number of fused-ring (bicyclic) bond motifs is 1. The smallest absolute Gasteiger partial charge is 0.240 e. The molecule has 1 N–H and O–H groups in total. The summed E-state index contributed by atoms with van der Waals surface area (Å²) < 4.78 is 29.5. The van der Waals surface area contributed by atoms with Gasteiger partial charge in [-0.2, -0.15) is 0 Å². The summed E-state index contributed by atoms with van der Waals surface area (Å²) in [6.07, 6.45) is 4.64. The van der Waals surface area contributed by atoms with Crippen LogP contribution in [0.5, 0.6) is 0 Å². The van der Waals surface area contributed by atoms with E-state index in [1.807, 2.05) is 34.9 Å². The summed E-state index contributed by atoms with van der Waals surface area (Å²) in [6, 6.07) is 14.7. The van der Waals surface area contributed by atoms with Gasteiger partial charge in [0.05, 0.1) is 15.9 Å². The van der Waals surface area contributed by atoms with E-state index in [1.165, 1.54) is 0 Å². The second-order valence-electron chi connectivity index (χ2n) is 5.71. The Bertz CT molecular complexity index is 932. The van der Waals surface area contributed by atoms with Crippen molar-refractivity contribution in [3.63, 3.8) is 0 Å². The number of aromatic nitrogens is 2. The topological polar surface area (TPSA) is 64.0 Å². The van der Waals surface area contributed by atoms with Crippen molar-refractivity contribution in [1.82, 2.24) is 14.3 Å². The standard InChI is InChI=1S/C18H21N3O2S/c1-2-3-6-12-20-24(22,23)16-9-7-8-15(13-16)21-14-19-17-10-4-5-11-18(17)21/h4-5,7-11,13-14,20H,2-3,6,12H2,1H3. The number of para-hydroxylation sites is 2. The van der Waals surface area contributed by atoms with Gasteiger partial charge in [0.15, 0.2) is 0 Å². The van der Waals surface area contributed by atoms with Gasteiger partial charge in [0, 0.05) is 12.2 Å². The molecule has 0 aliphatic rings. The Kier molecular flexibility index (Phi) is 4.97. The van der Waals surface area contributed by atoms with Crippen molar-refractivity contribution in [3.8, 4) is 5.69 Å². The Hall–Kier alpha value is -2.18. The lowest BCUT2D eigenvalue weighted by atomic mass is 10.3. The fourth-order valence-electron chi connectivity index (χ4n) is 2.63. The zero-order valence-corrected chi connectivity index (χ0v) is 14.5. The molecule has 6 heteroatoms. The quantitative estimate of drug-likeness (QED) is 0.668. The summed E-state index contributed by atoms with van der Waals surface area (Å²) in [4.78, 5) is 4.63. The minimum atomic E-state index is -3.49. The predicted molar refractivity (Wildman–Crippen MR) is 95.8 cm³/mol. The Balaban J connectivity index is 1.89. The van der Waals surface area contributed by atoms with Crippen molar-refractivity contribution in [1.29, 1.82) is 0 Å². The van der Waals surface area contributed by atoms with Crippen molar-refractivity contribution >= 4 is 21.1 Å². The summed E-state index contributed by atoms with van der Waals surface area (Å²) in [5, 5.41) is 0. The minimum absolute atomic E-state index is 0.272. The van der Waals surface area contributed by atoms with Crippen molar-refractivity contribution in [2.24, 2.45) is 0 Å². The van der Waals surface area contributed by atoms with E-state index >= 15 is 0 Å². The summed E-state index contributed by atoms with van der Waals surface area (Å²) >= 11 is 0. The number of nitrogens with zero attached hydrogens (tertiary/aromatic N) is 2. The van der Waals surface area contributed by atoms with Crippen molar-refractivity contribution in [3.05, 3.63) is 54.9 Å². The third-order valence-corrected chi connectivity index (χ3v) is 5.39. The summed E-state index contributed by atoms with van der Waals surface area (Å²) in [5.74, 6) is 0. The average molecular weight is 343 g/mol. The van der Waals surface area contributed by atoms with Gasteiger partial charge in [-0.25, -0.2) is 18.1 Å². The molecule has 0 aliphatic carbocycles. The molecule has 0 spiro atoms. The van der Waals surface area contributed by atoms with Crippen LogP contribution < -0.4 is 4.72 Å². The Labute approximate surface area is 142 Å². The largest absolute Gasteiger partial charge is 0.299 e. The second kappa shape index (κ2) is 7.15. The third kappa shape index (κ3) is 3.49. The van der Waals surface area contributed by atoms with Crippen LogP contribution in [0.1, 0.15) is 26.2 Å². The van der Waals surface area contributed by atoms with E-state index in [2.05, 4.69) is 16.6 Å². The third-order valence-electron chi connectivity index (χ3n) is 3.93. The lowest BCUT2D eigenvalue weighted by molar-refractivity contribution is 0.576. The highest BCUT2D eigenvalue weighted by Gasteiger charge is 2.14. The van der Waals surface area contributed by atoms with Crippen LogP contribution in [0, 0.1) is 0 Å². The molecule has 0 saturated carbocycles. The van der Waals surface area contributed by atoms with E-state index in [9.17, 15) is 8.42 Å².